The summed E-state index contributed by atoms with van der Waals surface area (Å²) in [4.78, 5) is 0. The van der Waals surface area contributed by atoms with E-state index in [0.717, 1.165) is 31.3 Å². The average molecular weight is 1050 g/mol. The fourth-order valence-electron chi connectivity index (χ4n) is 15.7. The zero-order valence-electron chi connectivity index (χ0n) is 43.7. The summed E-state index contributed by atoms with van der Waals surface area (Å²) in [6, 6.07) is 0. The van der Waals surface area contributed by atoms with E-state index in [1.807, 2.05) is 20.8 Å². The standard InChI is InChI=1S/C52H88O21/c1-23(2)10-9-14-52(8,73-47-43(65)39(61)36(58)28(71-47)21-67-44-41(63)37(59)29(22-68-44)70-45-40(62)34(56)26(55)20-66-45)24-11-16-51(7)33(24)25(54)18-31-49(5)15-13-32(48(3,4)30(49)12-17-50(31,51)6)72-46-42(64)38(60)35(57)27(19-53)69-46/h10,24-47,53-65H,9,11-22H2,1-8H3/t24-,25+,26+,27+,28+,29+,30+,31+,32-,33-,34-,35+,36+,37-,38-,39-,40+,41+,42+,43+,44+,45-,46-,47-,49-,50+,51+,52-/m0/s1. The highest BCUT2D eigenvalue weighted by atomic mass is 16.7. The molecule has 8 aliphatic rings. The average Bonchev–Trinajstić information content (AvgIpc) is 3.72. The molecule has 21 nitrogen and oxygen atoms in total. The molecule has 0 aromatic rings. The summed E-state index contributed by atoms with van der Waals surface area (Å²) in [5, 5.41) is 141. The Morgan fingerprint density at radius 3 is 1.88 bits per heavy atom. The predicted molar refractivity (Wildman–Crippen MR) is 254 cm³/mol. The van der Waals surface area contributed by atoms with Gasteiger partial charge in [-0.05, 0) is 124 Å². The smallest absolute Gasteiger partial charge is 0.187 e. The van der Waals surface area contributed by atoms with Crippen molar-refractivity contribution < 1.29 is 104 Å². The van der Waals surface area contributed by atoms with Crippen LogP contribution >= 0.6 is 0 Å². The van der Waals surface area contributed by atoms with Gasteiger partial charge in [0, 0.05) is 0 Å². The summed E-state index contributed by atoms with van der Waals surface area (Å²) in [5.74, 6) is -0.186. The minimum atomic E-state index is -1.74. The SMILES string of the molecule is CC(C)=CCC[C@](C)(O[C@@H]1O[C@H](CO[C@@H]2OC[C@@H](O[C@@H]3OC[C@@H](O)[C@H](O)[C@H]3O)[C@H](O)[C@H]2O)[C@@H](O)[C@H](O)[C@H]1O)[C@H]1CC[C@]2(C)[C@@H]1[C@H](O)C[C@@H]1[C@@]3(C)CC[C@H](O[C@@H]4O[C@H](CO)[C@@H](O)[C@H](O)[C@H]4O)C(C)(C)[C@H]3CC[C@]12C. The number of hydrogen-bond acceptors (Lipinski definition) is 21. The van der Waals surface area contributed by atoms with Crippen LogP contribution in [0.25, 0.3) is 0 Å². The van der Waals surface area contributed by atoms with E-state index in [1.54, 1.807) is 0 Å². The lowest BCUT2D eigenvalue weighted by atomic mass is 9.35. The Morgan fingerprint density at radius 1 is 0.603 bits per heavy atom. The Morgan fingerprint density at radius 2 is 1.21 bits per heavy atom. The number of hydrogen-bond donors (Lipinski definition) is 13. The lowest BCUT2D eigenvalue weighted by Gasteiger charge is -2.71. The van der Waals surface area contributed by atoms with Crippen molar-refractivity contribution in [2.45, 2.75) is 242 Å². The van der Waals surface area contributed by atoms with Crippen molar-refractivity contribution in [1.82, 2.24) is 0 Å². The maximum atomic E-state index is 12.7. The van der Waals surface area contributed by atoms with E-state index in [4.69, 9.17) is 37.9 Å². The van der Waals surface area contributed by atoms with Gasteiger partial charge in [0.15, 0.2) is 25.2 Å². The molecular weight excluding hydrogens is 961 g/mol. The van der Waals surface area contributed by atoms with Crippen LogP contribution in [-0.2, 0) is 37.9 Å². The Labute approximate surface area is 428 Å². The highest BCUT2D eigenvalue weighted by Gasteiger charge is 2.72. The van der Waals surface area contributed by atoms with Crippen molar-refractivity contribution in [2.24, 2.45) is 45.3 Å². The second kappa shape index (κ2) is 21.9. The second-order valence-electron chi connectivity index (χ2n) is 24.8. The van der Waals surface area contributed by atoms with Gasteiger partial charge in [0.2, 0.25) is 0 Å². The molecule has 0 radical (unpaired) electrons. The topological polar surface area (TPSA) is 337 Å². The van der Waals surface area contributed by atoms with E-state index in [-0.39, 0.29) is 59.2 Å². The van der Waals surface area contributed by atoms with E-state index in [0.29, 0.717) is 32.1 Å². The lowest BCUT2D eigenvalue weighted by Crippen LogP contribution is -2.67. The van der Waals surface area contributed by atoms with Crippen LogP contribution in [0, 0.1) is 45.3 Å². The maximum absolute atomic E-state index is 12.7. The Bertz CT molecular complexity index is 1890. The summed E-state index contributed by atoms with van der Waals surface area (Å²) in [6.07, 6.45) is -19.4. The highest BCUT2D eigenvalue weighted by Crippen LogP contribution is 2.76. The Hall–Kier alpha value is -1.10. The Balaban J connectivity index is 0.965. The molecule has 4 heterocycles. The second-order valence-corrected chi connectivity index (χ2v) is 24.8. The van der Waals surface area contributed by atoms with E-state index in [2.05, 4.69) is 40.7 Å². The van der Waals surface area contributed by atoms with E-state index in [1.165, 1.54) is 0 Å². The molecule has 0 aromatic carbocycles. The van der Waals surface area contributed by atoms with Gasteiger partial charge < -0.3 is 104 Å². The quantitative estimate of drug-likeness (QED) is 0.0739. The molecular formula is C52H88O21. The molecule has 0 amide bonds. The number of allylic oxidation sites excluding steroid dienone is 2. The fraction of sp³-hybridized carbons (Fsp3) is 0.962. The van der Waals surface area contributed by atoms with Gasteiger partial charge in [0.1, 0.15) is 85.5 Å². The van der Waals surface area contributed by atoms with Crippen molar-refractivity contribution in [3.05, 3.63) is 11.6 Å². The molecule has 4 saturated heterocycles. The van der Waals surface area contributed by atoms with Gasteiger partial charge in [-0.1, -0.05) is 46.3 Å². The first kappa shape index (κ1) is 58.1. The van der Waals surface area contributed by atoms with E-state index >= 15 is 0 Å². The molecule has 73 heavy (non-hydrogen) atoms. The molecule has 28 atom stereocenters. The number of ether oxygens (including phenoxy) is 8. The van der Waals surface area contributed by atoms with Crippen LogP contribution < -0.4 is 0 Å². The lowest BCUT2D eigenvalue weighted by molar-refractivity contribution is -0.351. The van der Waals surface area contributed by atoms with Crippen LogP contribution in [0.3, 0.4) is 0 Å². The van der Waals surface area contributed by atoms with Crippen molar-refractivity contribution >= 4 is 0 Å². The molecule has 8 rings (SSSR count). The van der Waals surface area contributed by atoms with Gasteiger partial charge in [-0.25, -0.2) is 0 Å². The monoisotopic (exact) mass is 1050 g/mol. The fourth-order valence-corrected chi connectivity index (χ4v) is 15.7. The molecule has 4 aliphatic heterocycles. The first-order chi connectivity index (χ1) is 34.1. The van der Waals surface area contributed by atoms with Crippen LogP contribution in [0.2, 0.25) is 0 Å². The van der Waals surface area contributed by atoms with Gasteiger partial charge in [-0.15, -0.1) is 0 Å². The largest absolute Gasteiger partial charge is 0.394 e. The van der Waals surface area contributed by atoms with Crippen LogP contribution in [0.4, 0.5) is 0 Å². The zero-order valence-corrected chi connectivity index (χ0v) is 43.7. The number of aliphatic hydroxyl groups is 13. The number of aliphatic hydroxyl groups excluding tert-OH is 13. The minimum Gasteiger partial charge on any atom is -0.394 e. The molecule has 0 aromatic heterocycles. The Kier molecular flexibility index (Phi) is 17.4. The zero-order chi connectivity index (χ0) is 53.5. The van der Waals surface area contributed by atoms with Gasteiger partial charge in [-0.2, -0.15) is 0 Å². The molecule has 4 saturated carbocycles. The highest BCUT2D eigenvalue weighted by molar-refractivity contribution is 5.20. The summed E-state index contributed by atoms with van der Waals surface area (Å²) >= 11 is 0. The first-order valence-electron chi connectivity index (χ1n) is 26.7. The third-order valence-corrected chi connectivity index (χ3v) is 20.1. The van der Waals surface area contributed by atoms with Crippen LogP contribution in [0.5, 0.6) is 0 Å². The molecule has 4 aliphatic carbocycles. The molecule has 0 unspecified atom stereocenters. The first-order valence-corrected chi connectivity index (χ1v) is 26.7. The van der Waals surface area contributed by atoms with Gasteiger partial charge in [0.05, 0.1) is 44.2 Å². The third-order valence-electron chi connectivity index (χ3n) is 20.1. The summed E-state index contributed by atoms with van der Waals surface area (Å²) < 4.78 is 47.9. The van der Waals surface area contributed by atoms with Crippen molar-refractivity contribution in [1.29, 1.82) is 0 Å². The van der Waals surface area contributed by atoms with Crippen LogP contribution in [-0.4, -0.2) is 221 Å². The van der Waals surface area contributed by atoms with Gasteiger partial charge >= 0.3 is 0 Å². The third kappa shape index (κ3) is 10.3. The molecule has 422 valence electrons. The van der Waals surface area contributed by atoms with E-state index < -0.39 is 141 Å². The summed E-state index contributed by atoms with van der Waals surface area (Å²) in [5.41, 5.74) is -1.15. The van der Waals surface area contributed by atoms with Gasteiger partial charge in [-0.3, -0.25) is 0 Å². The molecule has 8 fully saturated rings. The molecule has 13 N–H and O–H groups in total. The molecule has 0 bridgehead atoms. The number of fused-ring (bicyclic) bond motifs is 5. The van der Waals surface area contributed by atoms with Crippen LogP contribution in [0.1, 0.15) is 113 Å². The molecule has 0 spiro atoms. The van der Waals surface area contributed by atoms with Crippen molar-refractivity contribution in [3.63, 3.8) is 0 Å². The normalized spacial score (nSPS) is 52.8. The van der Waals surface area contributed by atoms with Crippen LogP contribution in [0.15, 0.2) is 11.6 Å². The summed E-state index contributed by atoms with van der Waals surface area (Å²) in [7, 11) is 0. The molecule has 21 heteroatoms. The maximum Gasteiger partial charge on any atom is 0.187 e. The predicted octanol–water partition coefficient (Wildman–Crippen LogP) is -0.924. The van der Waals surface area contributed by atoms with E-state index in [9.17, 15) is 66.4 Å². The summed E-state index contributed by atoms with van der Waals surface area (Å²) in [6.45, 7) is 15.7. The van der Waals surface area contributed by atoms with Crippen molar-refractivity contribution in [2.75, 3.05) is 26.4 Å². The number of rotatable bonds is 14. The minimum absolute atomic E-state index is 0.119. The van der Waals surface area contributed by atoms with Crippen molar-refractivity contribution in [3.8, 4) is 0 Å². The van der Waals surface area contributed by atoms with Gasteiger partial charge in [0.25, 0.3) is 0 Å².